The highest BCUT2D eigenvalue weighted by Gasteiger charge is 2.34. The van der Waals surface area contributed by atoms with E-state index < -0.39 is 0 Å². The Morgan fingerprint density at radius 3 is 2.70 bits per heavy atom. The Balaban J connectivity index is 1.67. The minimum atomic E-state index is -0.234. The first-order valence-electron chi connectivity index (χ1n) is 7.06. The third kappa shape index (κ3) is 3.19. The lowest BCUT2D eigenvalue weighted by Crippen LogP contribution is -2.35. The standard InChI is InChI=1S/C15H18BrFN2S/c16-12-8-11(17)4-5-13(12)19-14-18-9-15(10-20-14)6-2-1-3-7-15/h4-5,8H,1-3,6-7,9-10H2,(H,18,19). The van der Waals surface area contributed by atoms with Gasteiger partial charge in [0.2, 0.25) is 0 Å². The number of amidine groups is 1. The van der Waals surface area contributed by atoms with Crippen LogP contribution in [0.25, 0.3) is 0 Å². The molecule has 0 aromatic heterocycles. The molecule has 1 aliphatic heterocycles. The Hall–Kier alpha value is -0.550. The van der Waals surface area contributed by atoms with E-state index in [0.717, 1.165) is 27.6 Å². The molecule has 1 fully saturated rings. The van der Waals surface area contributed by atoms with Crippen molar-refractivity contribution in [2.24, 2.45) is 10.4 Å². The number of rotatable bonds is 1. The van der Waals surface area contributed by atoms with Gasteiger partial charge in [-0.25, -0.2) is 4.39 Å². The molecule has 0 saturated heterocycles. The van der Waals surface area contributed by atoms with Crippen molar-refractivity contribution >= 4 is 38.5 Å². The largest absolute Gasteiger partial charge is 0.334 e. The zero-order valence-corrected chi connectivity index (χ0v) is 13.7. The molecule has 1 N–H and O–H groups in total. The quantitative estimate of drug-likeness (QED) is 0.760. The number of aliphatic imine (C=N–C) groups is 1. The van der Waals surface area contributed by atoms with Crippen LogP contribution >= 0.6 is 27.7 Å². The van der Waals surface area contributed by atoms with Crippen LogP contribution in [0.4, 0.5) is 10.1 Å². The number of halogens is 2. The lowest BCUT2D eigenvalue weighted by Gasteiger charge is -2.38. The van der Waals surface area contributed by atoms with Crippen molar-refractivity contribution in [2.75, 3.05) is 17.6 Å². The van der Waals surface area contributed by atoms with Gasteiger partial charge in [-0.1, -0.05) is 31.0 Å². The third-order valence-electron chi connectivity index (χ3n) is 4.16. The minimum Gasteiger partial charge on any atom is -0.334 e. The Bertz CT molecular complexity index is 527. The summed E-state index contributed by atoms with van der Waals surface area (Å²) in [4.78, 5) is 4.72. The van der Waals surface area contributed by atoms with Gasteiger partial charge in [-0.3, -0.25) is 4.99 Å². The fourth-order valence-electron chi connectivity index (χ4n) is 2.94. The molecule has 3 rings (SSSR count). The molecule has 1 spiro atoms. The lowest BCUT2D eigenvalue weighted by atomic mass is 9.75. The van der Waals surface area contributed by atoms with E-state index in [1.165, 1.54) is 44.2 Å². The van der Waals surface area contributed by atoms with E-state index in [1.54, 1.807) is 17.8 Å². The van der Waals surface area contributed by atoms with E-state index >= 15 is 0 Å². The van der Waals surface area contributed by atoms with E-state index in [4.69, 9.17) is 4.99 Å². The van der Waals surface area contributed by atoms with Gasteiger partial charge in [0, 0.05) is 16.8 Å². The molecule has 5 heteroatoms. The van der Waals surface area contributed by atoms with E-state index in [9.17, 15) is 4.39 Å². The van der Waals surface area contributed by atoms with Gasteiger partial charge >= 0.3 is 0 Å². The molecular weight excluding hydrogens is 339 g/mol. The van der Waals surface area contributed by atoms with Crippen molar-refractivity contribution in [2.45, 2.75) is 32.1 Å². The van der Waals surface area contributed by atoms with E-state index in [1.807, 2.05) is 0 Å². The Morgan fingerprint density at radius 1 is 1.25 bits per heavy atom. The zero-order valence-electron chi connectivity index (χ0n) is 11.3. The van der Waals surface area contributed by atoms with Crippen LogP contribution in [0.1, 0.15) is 32.1 Å². The van der Waals surface area contributed by atoms with Crippen LogP contribution in [0.15, 0.2) is 27.7 Å². The molecule has 20 heavy (non-hydrogen) atoms. The summed E-state index contributed by atoms with van der Waals surface area (Å²) in [5.41, 5.74) is 1.31. The molecule has 1 aromatic rings. The molecule has 0 bridgehead atoms. The summed E-state index contributed by atoms with van der Waals surface area (Å²) in [5, 5.41) is 4.25. The molecule has 0 atom stereocenters. The molecule has 2 nitrogen and oxygen atoms in total. The highest BCUT2D eigenvalue weighted by molar-refractivity contribution is 9.10. The summed E-state index contributed by atoms with van der Waals surface area (Å²) in [6.45, 7) is 0.932. The average molecular weight is 357 g/mol. The predicted octanol–water partition coefficient (Wildman–Crippen LogP) is 5.05. The van der Waals surface area contributed by atoms with Gasteiger partial charge in [0.25, 0.3) is 0 Å². The van der Waals surface area contributed by atoms with E-state index in [-0.39, 0.29) is 5.82 Å². The SMILES string of the molecule is Fc1ccc(NC2=NCC3(CCCCC3)CS2)c(Br)c1. The van der Waals surface area contributed by atoms with Crippen LogP contribution in [0.2, 0.25) is 0 Å². The van der Waals surface area contributed by atoms with Crippen molar-refractivity contribution in [3.63, 3.8) is 0 Å². The minimum absolute atomic E-state index is 0.234. The Kier molecular flexibility index (Phi) is 4.36. The number of nitrogens with one attached hydrogen (secondary N) is 1. The Labute approximate surface area is 131 Å². The van der Waals surface area contributed by atoms with Crippen LogP contribution in [-0.4, -0.2) is 17.5 Å². The van der Waals surface area contributed by atoms with E-state index in [2.05, 4.69) is 21.2 Å². The average Bonchev–Trinajstić information content (AvgIpc) is 2.45. The zero-order chi connectivity index (χ0) is 14.0. The number of benzene rings is 1. The molecule has 0 unspecified atom stereocenters. The number of nitrogens with zero attached hydrogens (tertiary/aromatic N) is 1. The van der Waals surface area contributed by atoms with Gasteiger partial charge in [-0.15, -0.1) is 0 Å². The predicted molar refractivity (Wildman–Crippen MR) is 88.0 cm³/mol. The molecule has 0 amide bonds. The maximum Gasteiger partial charge on any atom is 0.161 e. The van der Waals surface area contributed by atoms with Gasteiger partial charge in [0.1, 0.15) is 5.82 Å². The second-order valence-corrected chi connectivity index (χ2v) is 7.54. The van der Waals surface area contributed by atoms with Crippen molar-refractivity contribution < 1.29 is 4.39 Å². The van der Waals surface area contributed by atoms with Crippen LogP contribution in [0.3, 0.4) is 0 Å². The van der Waals surface area contributed by atoms with Gasteiger partial charge in [0.05, 0.1) is 5.69 Å². The summed E-state index contributed by atoms with van der Waals surface area (Å²) in [7, 11) is 0. The van der Waals surface area contributed by atoms with Crippen molar-refractivity contribution in [3.8, 4) is 0 Å². The van der Waals surface area contributed by atoms with E-state index in [0.29, 0.717) is 5.41 Å². The summed E-state index contributed by atoms with van der Waals surface area (Å²) in [6, 6.07) is 4.68. The number of thioether (sulfide) groups is 1. The monoisotopic (exact) mass is 356 g/mol. The first-order valence-corrected chi connectivity index (χ1v) is 8.84. The van der Waals surface area contributed by atoms with Gasteiger partial charge < -0.3 is 5.32 Å². The first-order chi connectivity index (χ1) is 9.67. The second-order valence-electron chi connectivity index (χ2n) is 5.72. The van der Waals surface area contributed by atoms with Gasteiger partial charge in [-0.05, 0) is 52.4 Å². The number of hydrogen-bond donors (Lipinski definition) is 1. The summed E-state index contributed by atoms with van der Waals surface area (Å²) < 4.78 is 13.8. The van der Waals surface area contributed by atoms with Crippen LogP contribution < -0.4 is 5.32 Å². The summed E-state index contributed by atoms with van der Waals surface area (Å²) in [5.74, 6) is 0.916. The van der Waals surface area contributed by atoms with Crippen LogP contribution in [-0.2, 0) is 0 Å². The van der Waals surface area contributed by atoms with Crippen molar-refractivity contribution in [3.05, 3.63) is 28.5 Å². The molecule has 2 aliphatic rings. The molecule has 1 aromatic carbocycles. The highest BCUT2D eigenvalue weighted by Crippen LogP contribution is 2.42. The summed E-state index contributed by atoms with van der Waals surface area (Å²) >= 11 is 5.18. The molecule has 1 heterocycles. The molecule has 0 radical (unpaired) electrons. The Morgan fingerprint density at radius 2 is 2.05 bits per heavy atom. The first kappa shape index (κ1) is 14.4. The third-order valence-corrected chi connectivity index (χ3v) is 6.08. The highest BCUT2D eigenvalue weighted by atomic mass is 79.9. The van der Waals surface area contributed by atoms with Gasteiger partial charge in [-0.2, -0.15) is 0 Å². The fourth-order valence-corrected chi connectivity index (χ4v) is 4.55. The normalized spacial score (nSPS) is 21.6. The smallest absolute Gasteiger partial charge is 0.161 e. The molecule has 108 valence electrons. The van der Waals surface area contributed by atoms with Gasteiger partial charge in [0.15, 0.2) is 5.17 Å². The lowest BCUT2D eigenvalue weighted by molar-refractivity contribution is 0.232. The molecular formula is C15H18BrFN2S. The maximum absolute atomic E-state index is 13.1. The van der Waals surface area contributed by atoms with Crippen LogP contribution in [0.5, 0.6) is 0 Å². The number of hydrogen-bond acceptors (Lipinski definition) is 3. The molecule has 1 aliphatic carbocycles. The topological polar surface area (TPSA) is 24.4 Å². The number of anilines is 1. The fraction of sp³-hybridized carbons (Fsp3) is 0.533. The molecule has 1 saturated carbocycles. The maximum atomic E-state index is 13.1. The van der Waals surface area contributed by atoms with Crippen LogP contribution in [0, 0.1) is 11.2 Å². The second kappa shape index (κ2) is 6.06. The van der Waals surface area contributed by atoms with Crippen molar-refractivity contribution in [1.29, 1.82) is 0 Å². The summed E-state index contributed by atoms with van der Waals surface area (Å²) in [6.07, 6.45) is 6.71. The van der Waals surface area contributed by atoms with Crippen molar-refractivity contribution in [1.82, 2.24) is 0 Å².